The van der Waals surface area contributed by atoms with E-state index in [2.05, 4.69) is 22.4 Å². The number of amides is 1. The van der Waals surface area contributed by atoms with Gasteiger partial charge in [-0.1, -0.05) is 23.9 Å². The molecule has 154 valence electrons. The molecule has 1 aliphatic carbocycles. The van der Waals surface area contributed by atoms with Crippen LogP contribution in [0.15, 0.2) is 58.5 Å². The van der Waals surface area contributed by atoms with Gasteiger partial charge in [0, 0.05) is 0 Å². The Hall–Kier alpha value is -3.62. The van der Waals surface area contributed by atoms with Crippen LogP contribution < -0.4 is 10.9 Å². The van der Waals surface area contributed by atoms with Crippen molar-refractivity contribution in [2.45, 2.75) is 36.4 Å². The standard InChI is InChI=1S/C23H19N5O2S/c24-13-16-7-9-17(10-8-16)28-21(30)18-5-1-2-6-19(18)26-22(28)31-14-20(29)27-23(15-25)11-3-4-12-23/h1-2,5-10H,3-4,11-12,14H2,(H,27,29). The van der Waals surface area contributed by atoms with Gasteiger partial charge in [-0.25, -0.2) is 4.98 Å². The van der Waals surface area contributed by atoms with E-state index in [4.69, 9.17) is 5.26 Å². The lowest BCUT2D eigenvalue weighted by atomic mass is 10.0. The number of aromatic nitrogens is 2. The van der Waals surface area contributed by atoms with Crippen LogP contribution in [0.25, 0.3) is 16.6 Å². The number of nitriles is 2. The SMILES string of the molecule is N#Cc1ccc(-n2c(SCC(=O)NC3(C#N)CCCC3)nc3ccccc3c2=O)cc1. The van der Waals surface area contributed by atoms with Gasteiger partial charge in [0.15, 0.2) is 5.16 Å². The molecule has 1 amide bonds. The van der Waals surface area contributed by atoms with E-state index in [1.54, 1.807) is 48.5 Å². The van der Waals surface area contributed by atoms with E-state index >= 15 is 0 Å². The Morgan fingerprint density at radius 2 is 1.84 bits per heavy atom. The number of hydrogen-bond donors (Lipinski definition) is 1. The van der Waals surface area contributed by atoms with Crippen molar-refractivity contribution in [3.63, 3.8) is 0 Å². The number of thioether (sulfide) groups is 1. The van der Waals surface area contributed by atoms with Crippen molar-refractivity contribution >= 4 is 28.6 Å². The first-order chi connectivity index (χ1) is 15.0. The topological polar surface area (TPSA) is 112 Å². The molecule has 7 nitrogen and oxygen atoms in total. The van der Waals surface area contributed by atoms with Crippen molar-refractivity contribution in [2.24, 2.45) is 0 Å². The fraction of sp³-hybridized carbons (Fsp3) is 0.261. The molecule has 1 N–H and O–H groups in total. The minimum Gasteiger partial charge on any atom is -0.337 e. The quantitative estimate of drug-likeness (QED) is 0.492. The first-order valence-electron chi connectivity index (χ1n) is 9.93. The van der Waals surface area contributed by atoms with E-state index in [1.165, 1.54) is 4.57 Å². The first-order valence-corrected chi connectivity index (χ1v) is 10.9. The molecule has 4 rings (SSSR count). The number of benzene rings is 2. The maximum absolute atomic E-state index is 13.2. The van der Waals surface area contributed by atoms with Crippen molar-refractivity contribution in [3.05, 3.63) is 64.4 Å². The van der Waals surface area contributed by atoms with Crippen LogP contribution in [0.1, 0.15) is 31.2 Å². The van der Waals surface area contributed by atoms with E-state index in [9.17, 15) is 14.9 Å². The third-order valence-corrected chi connectivity index (χ3v) is 6.32. The molecule has 0 aliphatic heterocycles. The molecule has 3 aromatic rings. The number of rotatable bonds is 5. The summed E-state index contributed by atoms with van der Waals surface area (Å²) in [4.78, 5) is 30.4. The molecule has 1 aliphatic rings. The summed E-state index contributed by atoms with van der Waals surface area (Å²) in [6.07, 6.45) is 3.16. The molecular weight excluding hydrogens is 410 g/mol. The van der Waals surface area contributed by atoms with Crippen LogP contribution in [-0.4, -0.2) is 26.8 Å². The number of nitrogens with zero attached hydrogens (tertiary/aromatic N) is 4. The van der Waals surface area contributed by atoms with E-state index in [0.29, 0.717) is 40.2 Å². The van der Waals surface area contributed by atoms with Crippen LogP contribution in [0.2, 0.25) is 0 Å². The van der Waals surface area contributed by atoms with Crippen LogP contribution in [0.5, 0.6) is 0 Å². The predicted molar refractivity (Wildman–Crippen MR) is 118 cm³/mol. The van der Waals surface area contributed by atoms with Crippen molar-refractivity contribution in [3.8, 4) is 17.8 Å². The zero-order valence-electron chi connectivity index (χ0n) is 16.7. The average Bonchev–Trinajstić information content (AvgIpc) is 3.27. The van der Waals surface area contributed by atoms with Gasteiger partial charge < -0.3 is 5.32 Å². The largest absolute Gasteiger partial charge is 0.337 e. The highest BCUT2D eigenvalue weighted by atomic mass is 32.2. The highest BCUT2D eigenvalue weighted by Gasteiger charge is 2.35. The highest BCUT2D eigenvalue weighted by molar-refractivity contribution is 7.99. The molecule has 1 aromatic heterocycles. The first kappa shape index (κ1) is 20.6. The number of hydrogen-bond acceptors (Lipinski definition) is 6. The Morgan fingerprint density at radius 3 is 2.52 bits per heavy atom. The Kier molecular flexibility index (Phi) is 5.75. The Balaban J connectivity index is 1.67. The van der Waals surface area contributed by atoms with E-state index in [1.807, 2.05) is 0 Å². The summed E-state index contributed by atoms with van der Waals surface area (Å²) in [5, 5.41) is 22.2. The minimum atomic E-state index is -0.790. The predicted octanol–water partition coefficient (Wildman–Crippen LogP) is 3.30. The second kappa shape index (κ2) is 8.63. The zero-order chi connectivity index (χ0) is 21.8. The molecule has 1 saturated carbocycles. The van der Waals surface area contributed by atoms with Gasteiger partial charge in [0.25, 0.3) is 5.56 Å². The van der Waals surface area contributed by atoms with Gasteiger partial charge in [0.2, 0.25) is 5.91 Å². The van der Waals surface area contributed by atoms with Gasteiger partial charge in [0.05, 0.1) is 40.0 Å². The van der Waals surface area contributed by atoms with E-state index in [0.717, 1.165) is 24.6 Å². The monoisotopic (exact) mass is 429 g/mol. The molecule has 0 unspecified atom stereocenters. The fourth-order valence-electron chi connectivity index (χ4n) is 3.80. The third kappa shape index (κ3) is 4.16. The van der Waals surface area contributed by atoms with Crippen molar-refractivity contribution in [1.82, 2.24) is 14.9 Å². The zero-order valence-corrected chi connectivity index (χ0v) is 17.5. The molecule has 2 aromatic carbocycles. The summed E-state index contributed by atoms with van der Waals surface area (Å²) in [5.74, 6) is -0.230. The van der Waals surface area contributed by atoms with Gasteiger partial charge in [0.1, 0.15) is 5.54 Å². The van der Waals surface area contributed by atoms with Crippen molar-refractivity contribution in [1.29, 1.82) is 10.5 Å². The number of carbonyl (C=O) groups excluding carboxylic acids is 1. The molecule has 8 heteroatoms. The van der Waals surface area contributed by atoms with Crippen LogP contribution in [0.4, 0.5) is 0 Å². The maximum Gasteiger partial charge on any atom is 0.266 e. The molecule has 31 heavy (non-hydrogen) atoms. The fourth-order valence-corrected chi connectivity index (χ4v) is 4.61. The Bertz CT molecular complexity index is 1280. The Labute approximate surface area is 183 Å². The molecule has 0 saturated heterocycles. The molecule has 1 heterocycles. The van der Waals surface area contributed by atoms with Crippen molar-refractivity contribution < 1.29 is 4.79 Å². The van der Waals surface area contributed by atoms with Crippen LogP contribution in [0, 0.1) is 22.7 Å². The molecule has 1 fully saturated rings. The van der Waals surface area contributed by atoms with Gasteiger partial charge in [-0.05, 0) is 62.1 Å². The lowest BCUT2D eigenvalue weighted by molar-refractivity contribution is -0.119. The van der Waals surface area contributed by atoms with Crippen molar-refractivity contribution in [2.75, 3.05) is 5.75 Å². The molecule has 0 radical (unpaired) electrons. The summed E-state index contributed by atoms with van der Waals surface area (Å²) in [5.41, 5.74) is 0.556. The maximum atomic E-state index is 13.2. The van der Waals surface area contributed by atoms with Gasteiger partial charge in [-0.15, -0.1) is 0 Å². The molecular formula is C23H19N5O2S. The lowest BCUT2D eigenvalue weighted by Gasteiger charge is -2.22. The van der Waals surface area contributed by atoms with Crippen LogP contribution in [-0.2, 0) is 4.79 Å². The van der Waals surface area contributed by atoms with Crippen LogP contribution >= 0.6 is 11.8 Å². The second-order valence-electron chi connectivity index (χ2n) is 7.45. The lowest BCUT2D eigenvalue weighted by Crippen LogP contribution is -2.45. The summed E-state index contributed by atoms with van der Waals surface area (Å²) in [6, 6.07) is 18.0. The molecule has 0 atom stereocenters. The number of carbonyl (C=O) groups is 1. The number of para-hydroxylation sites is 1. The molecule has 0 bridgehead atoms. The summed E-state index contributed by atoms with van der Waals surface area (Å²) < 4.78 is 1.46. The summed E-state index contributed by atoms with van der Waals surface area (Å²) >= 11 is 1.15. The van der Waals surface area contributed by atoms with Gasteiger partial charge >= 0.3 is 0 Å². The van der Waals surface area contributed by atoms with Gasteiger partial charge in [-0.3, -0.25) is 14.2 Å². The number of nitrogens with one attached hydrogen (secondary N) is 1. The summed E-state index contributed by atoms with van der Waals surface area (Å²) in [6.45, 7) is 0. The third-order valence-electron chi connectivity index (χ3n) is 5.38. The van der Waals surface area contributed by atoms with Gasteiger partial charge in [-0.2, -0.15) is 10.5 Å². The van der Waals surface area contributed by atoms with E-state index in [-0.39, 0.29) is 17.2 Å². The minimum absolute atomic E-state index is 0.0322. The van der Waals surface area contributed by atoms with E-state index < -0.39 is 5.54 Å². The smallest absolute Gasteiger partial charge is 0.266 e. The normalized spacial score (nSPS) is 14.6. The second-order valence-corrected chi connectivity index (χ2v) is 8.39. The Morgan fingerprint density at radius 1 is 1.13 bits per heavy atom. The highest BCUT2D eigenvalue weighted by Crippen LogP contribution is 2.29. The average molecular weight is 430 g/mol. The van der Waals surface area contributed by atoms with Crippen LogP contribution in [0.3, 0.4) is 0 Å². The summed E-state index contributed by atoms with van der Waals surface area (Å²) in [7, 11) is 0. The number of fused-ring (bicyclic) bond motifs is 1. The molecule has 0 spiro atoms.